The van der Waals surface area contributed by atoms with E-state index in [-0.39, 0.29) is 22.7 Å². The van der Waals surface area contributed by atoms with Crippen molar-refractivity contribution in [2.45, 2.75) is 43.2 Å². The zero-order chi connectivity index (χ0) is 25.2. The normalized spacial score (nSPS) is 22.5. The van der Waals surface area contributed by atoms with Crippen LogP contribution in [0.3, 0.4) is 0 Å². The number of oxazole rings is 1. The summed E-state index contributed by atoms with van der Waals surface area (Å²) < 4.78 is 7.40. The topological polar surface area (TPSA) is 125 Å². The summed E-state index contributed by atoms with van der Waals surface area (Å²) in [6.07, 6.45) is 16.3. The van der Waals surface area contributed by atoms with Crippen LogP contribution < -0.4 is 11.1 Å². The molecule has 0 spiro atoms. The molecule has 2 aliphatic rings. The van der Waals surface area contributed by atoms with Crippen molar-refractivity contribution in [2.75, 3.05) is 5.73 Å². The van der Waals surface area contributed by atoms with Crippen molar-refractivity contribution in [1.29, 1.82) is 0 Å². The largest absolute Gasteiger partial charge is 0.438 e. The van der Waals surface area contributed by atoms with Crippen LogP contribution in [-0.4, -0.2) is 35.9 Å². The smallest absolute Gasteiger partial charge is 0.289 e. The number of carbonyl (C=O) groups excluding carboxylic acids is 1. The number of nitrogens with zero attached hydrogens (tertiary/aromatic N) is 5. The number of nitrogens with two attached hydrogens (primary N) is 1. The molecule has 2 saturated carbocycles. The van der Waals surface area contributed by atoms with Gasteiger partial charge >= 0.3 is 0 Å². The van der Waals surface area contributed by atoms with Gasteiger partial charge in [0.1, 0.15) is 23.5 Å². The summed E-state index contributed by atoms with van der Waals surface area (Å²) in [5.74, 6) is 3.29. The summed E-state index contributed by atoms with van der Waals surface area (Å²) >= 11 is 0. The number of amides is 1. The number of benzene rings is 1. The molecular weight excluding hydrogens is 466 g/mol. The van der Waals surface area contributed by atoms with Crippen molar-refractivity contribution in [2.24, 2.45) is 0 Å². The molecule has 2 aliphatic carbocycles. The van der Waals surface area contributed by atoms with Crippen LogP contribution in [0.4, 0.5) is 5.82 Å². The average Bonchev–Trinajstić information content (AvgIpc) is 3.70. The molecule has 2 fully saturated rings. The fourth-order valence-corrected chi connectivity index (χ4v) is 6.50. The minimum absolute atomic E-state index is 0.209. The molecule has 182 valence electrons. The number of anilines is 1. The molecule has 9 nitrogen and oxygen atoms in total. The quantitative estimate of drug-likeness (QED) is 0.365. The van der Waals surface area contributed by atoms with Crippen LogP contribution in [0.1, 0.15) is 48.4 Å². The number of fused-ring (bicyclic) bond motifs is 4. The van der Waals surface area contributed by atoms with Gasteiger partial charge in [0, 0.05) is 33.8 Å². The van der Waals surface area contributed by atoms with Crippen LogP contribution in [0.15, 0.2) is 59.9 Å². The molecule has 1 amide bonds. The number of hydrogen-bond donors (Lipinski definition) is 2. The lowest BCUT2D eigenvalue weighted by Crippen LogP contribution is -2.44. The zero-order valence-electron chi connectivity index (χ0n) is 19.9. The Morgan fingerprint density at radius 3 is 2.76 bits per heavy atom. The summed E-state index contributed by atoms with van der Waals surface area (Å²) in [5, 5.41) is 4.97. The highest BCUT2D eigenvalue weighted by Gasteiger charge is 2.57. The number of rotatable bonds is 4. The van der Waals surface area contributed by atoms with Crippen LogP contribution in [0.5, 0.6) is 0 Å². The van der Waals surface area contributed by atoms with E-state index in [2.05, 4.69) is 41.8 Å². The van der Waals surface area contributed by atoms with Crippen LogP contribution in [-0.2, 0) is 5.54 Å². The van der Waals surface area contributed by atoms with Crippen LogP contribution in [0, 0.1) is 12.3 Å². The number of carbonyl (C=O) groups is 1. The van der Waals surface area contributed by atoms with E-state index in [1.165, 1.54) is 18.9 Å². The van der Waals surface area contributed by atoms with Gasteiger partial charge in [-0.3, -0.25) is 9.78 Å². The van der Waals surface area contributed by atoms with Crippen molar-refractivity contribution in [3.8, 4) is 23.5 Å². The molecule has 1 aromatic carbocycles. The standard InChI is InChI=1S/C28H23N7O2/c1-2-20-22(18-11-17-5-3-4-6-19(17)31-12-18)23-24(29)32-15-33-25(23)35(20)28-9-7-27(14-28,8-10-28)34-26(36)21-13-30-16-37-21/h1,3-6,11-13,15-16H,7-10,14H2,(H,34,36)(H2,29,32,33). The second-order valence-corrected chi connectivity index (χ2v) is 10.1. The molecule has 0 radical (unpaired) electrons. The van der Waals surface area contributed by atoms with E-state index in [0.717, 1.165) is 59.5 Å². The summed E-state index contributed by atoms with van der Waals surface area (Å²) in [6.45, 7) is 0. The zero-order valence-corrected chi connectivity index (χ0v) is 19.9. The van der Waals surface area contributed by atoms with Gasteiger partial charge < -0.3 is 20.0 Å². The summed E-state index contributed by atoms with van der Waals surface area (Å²) in [5.41, 5.74) is 9.81. The molecule has 5 aromatic rings. The Balaban J connectivity index is 1.38. The van der Waals surface area contributed by atoms with Gasteiger partial charge in [0.15, 0.2) is 6.39 Å². The fourth-order valence-electron chi connectivity index (χ4n) is 6.50. The van der Waals surface area contributed by atoms with Crippen LogP contribution in [0.25, 0.3) is 33.1 Å². The molecule has 7 rings (SSSR count). The predicted octanol–water partition coefficient (Wildman–Crippen LogP) is 4.04. The lowest BCUT2D eigenvalue weighted by molar-refractivity contribution is 0.0872. The Bertz CT molecular complexity index is 1740. The van der Waals surface area contributed by atoms with E-state index < -0.39 is 0 Å². The van der Waals surface area contributed by atoms with E-state index >= 15 is 0 Å². The van der Waals surface area contributed by atoms with Crippen molar-refractivity contribution in [3.05, 3.63) is 66.9 Å². The lowest BCUT2D eigenvalue weighted by atomic mass is 9.90. The average molecular weight is 490 g/mol. The maximum absolute atomic E-state index is 12.8. The van der Waals surface area contributed by atoms with E-state index in [9.17, 15) is 4.79 Å². The summed E-state index contributed by atoms with van der Waals surface area (Å²) in [4.78, 5) is 30.4. The summed E-state index contributed by atoms with van der Waals surface area (Å²) in [6, 6.07) is 10.0. The molecule has 0 atom stereocenters. The SMILES string of the molecule is C#Cc1c(-c2cnc3ccccc3c2)c2c(N)ncnc2n1C12CCC(NC(=O)c3cnco3)(CC1)C2. The van der Waals surface area contributed by atoms with Crippen molar-refractivity contribution in [1.82, 2.24) is 29.8 Å². The van der Waals surface area contributed by atoms with Gasteiger partial charge in [-0.2, -0.15) is 0 Å². The molecular formula is C28H23N7O2. The first kappa shape index (κ1) is 21.6. The molecule has 4 aromatic heterocycles. The number of nitrogen functional groups attached to an aromatic ring is 1. The van der Waals surface area contributed by atoms with Crippen molar-refractivity contribution < 1.29 is 9.21 Å². The van der Waals surface area contributed by atoms with Crippen molar-refractivity contribution in [3.63, 3.8) is 0 Å². The minimum Gasteiger partial charge on any atom is -0.438 e. The molecule has 37 heavy (non-hydrogen) atoms. The highest BCUT2D eigenvalue weighted by molar-refractivity contribution is 6.04. The third-order valence-corrected chi connectivity index (χ3v) is 8.11. The fraction of sp³-hybridized carbons (Fsp3) is 0.250. The summed E-state index contributed by atoms with van der Waals surface area (Å²) in [7, 11) is 0. The Morgan fingerprint density at radius 1 is 1.14 bits per heavy atom. The molecule has 9 heteroatoms. The molecule has 2 bridgehead atoms. The van der Waals surface area contributed by atoms with Gasteiger partial charge in [0.25, 0.3) is 5.91 Å². The molecule has 4 heterocycles. The number of nitrogens with one attached hydrogen (secondary N) is 1. The molecule has 0 unspecified atom stereocenters. The third-order valence-electron chi connectivity index (χ3n) is 8.11. The number of pyridine rings is 1. The first-order chi connectivity index (χ1) is 18.0. The van der Waals surface area contributed by atoms with Gasteiger partial charge in [0.05, 0.1) is 17.1 Å². The molecule has 0 aliphatic heterocycles. The van der Waals surface area contributed by atoms with E-state index in [4.69, 9.17) is 16.6 Å². The molecule has 3 N–H and O–H groups in total. The third kappa shape index (κ3) is 3.08. The number of para-hydroxylation sites is 1. The second-order valence-electron chi connectivity index (χ2n) is 10.1. The predicted molar refractivity (Wildman–Crippen MR) is 138 cm³/mol. The highest BCUT2D eigenvalue weighted by atomic mass is 16.3. The van der Waals surface area contributed by atoms with Gasteiger partial charge in [-0.05, 0) is 44.2 Å². The number of hydrogen-bond acceptors (Lipinski definition) is 7. The van der Waals surface area contributed by atoms with Gasteiger partial charge in [-0.15, -0.1) is 6.42 Å². The van der Waals surface area contributed by atoms with Gasteiger partial charge in [0.2, 0.25) is 5.76 Å². The van der Waals surface area contributed by atoms with Crippen LogP contribution in [0.2, 0.25) is 0 Å². The van der Waals surface area contributed by atoms with Crippen LogP contribution >= 0.6 is 0 Å². The van der Waals surface area contributed by atoms with E-state index in [1.54, 1.807) is 0 Å². The second kappa shape index (κ2) is 7.64. The number of aromatic nitrogens is 5. The monoisotopic (exact) mass is 489 g/mol. The minimum atomic E-state index is -0.352. The highest BCUT2D eigenvalue weighted by Crippen LogP contribution is 2.57. The maximum Gasteiger partial charge on any atom is 0.289 e. The Hall–Kier alpha value is -4.71. The van der Waals surface area contributed by atoms with E-state index in [0.29, 0.717) is 17.2 Å². The number of terminal acetylenes is 1. The Labute approximate surface area is 212 Å². The lowest BCUT2D eigenvalue weighted by Gasteiger charge is -2.30. The Morgan fingerprint density at radius 2 is 1.97 bits per heavy atom. The van der Waals surface area contributed by atoms with Gasteiger partial charge in [-0.1, -0.05) is 24.1 Å². The maximum atomic E-state index is 12.8. The Kier molecular flexibility index (Phi) is 4.45. The molecule has 0 saturated heterocycles. The van der Waals surface area contributed by atoms with Gasteiger partial charge in [-0.25, -0.2) is 15.0 Å². The van der Waals surface area contributed by atoms with Crippen molar-refractivity contribution >= 4 is 33.7 Å². The first-order valence-corrected chi connectivity index (χ1v) is 12.2. The van der Waals surface area contributed by atoms with E-state index in [1.807, 2.05) is 30.5 Å². The first-order valence-electron chi connectivity index (χ1n) is 12.2.